The Morgan fingerprint density at radius 3 is 2.22 bits per heavy atom. The lowest BCUT2D eigenvalue weighted by molar-refractivity contribution is -0.117. The maximum Gasteiger partial charge on any atom is 0.243 e. The lowest BCUT2D eigenvalue weighted by Gasteiger charge is -2.18. The van der Waals surface area contributed by atoms with Gasteiger partial charge in [-0.15, -0.1) is 0 Å². The Morgan fingerprint density at radius 2 is 1.66 bits per heavy atom. The van der Waals surface area contributed by atoms with Crippen molar-refractivity contribution in [3.8, 4) is 45.4 Å². The Balaban J connectivity index is 2.11. The van der Waals surface area contributed by atoms with Crippen molar-refractivity contribution >= 4 is 34.9 Å². The SMILES string of the molecule is COc1ccc(-c2csnc2-c2cc(OC)c(OC)c(OC)c2)cc1N(Cl)C(=O)CCN. The van der Waals surface area contributed by atoms with E-state index in [4.69, 9.17) is 36.5 Å². The first-order valence-corrected chi connectivity index (χ1v) is 10.8. The smallest absolute Gasteiger partial charge is 0.243 e. The monoisotopic (exact) mass is 477 g/mol. The molecular weight excluding hydrogens is 454 g/mol. The number of hydrogen-bond donors (Lipinski definition) is 1. The zero-order valence-corrected chi connectivity index (χ0v) is 19.7. The summed E-state index contributed by atoms with van der Waals surface area (Å²) in [4.78, 5) is 12.3. The molecule has 0 bridgehead atoms. The number of benzene rings is 2. The van der Waals surface area contributed by atoms with Crippen LogP contribution in [-0.4, -0.2) is 45.3 Å². The van der Waals surface area contributed by atoms with Gasteiger partial charge in [0.2, 0.25) is 11.7 Å². The van der Waals surface area contributed by atoms with Crippen LogP contribution in [0.5, 0.6) is 23.0 Å². The molecule has 1 aromatic heterocycles. The number of ether oxygens (including phenoxy) is 4. The number of amides is 1. The summed E-state index contributed by atoms with van der Waals surface area (Å²) < 4.78 is 27.4. The molecule has 1 heterocycles. The summed E-state index contributed by atoms with van der Waals surface area (Å²) in [5, 5.41) is 1.92. The number of aromatic nitrogens is 1. The molecule has 0 saturated carbocycles. The van der Waals surface area contributed by atoms with Gasteiger partial charge in [0.25, 0.3) is 0 Å². The number of nitrogens with two attached hydrogens (primary N) is 1. The highest BCUT2D eigenvalue weighted by atomic mass is 35.5. The van der Waals surface area contributed by atoms with Crippen LogP contribution in [0.25, 0.3) is 22.4 Å². The van der Waals surface area contributed by atoms with Crippen LogP contribution in [0.4, 0.5) is 5.69 Å². The van der Waals surface area contributed by atoms with E-state index in [2.05, 4.69) is 4.37 Å². The van der Waals surface area contributed by atoms with E-state index in [9.17, 15) is 4.79 Å². The van der Waals surface area contributed by atoms with E-state index >= 15 is 0 Å². The minimum atomic E-state index is -0.321. The molecule has 1 amide bonds. The number of methoxy groups -OCH3 is 4. The Bertz CT molecular complexity index is 1080. The molecule has 3 rings (SSSR count). The predicted octanol–water partition coefficient (Wildman–Crippen LogP) is 4.35. The van der Waals surface area contributed by atoms with Crippen LogP contribution in [-0.2, 0) is 4.79 Å². The second-order valence-electron chi connectivity index (χ2n) is 6.59. The van der Waals surface area contributed by atoms with E-state index in [1.54, 1.807) is 33.5 Å². The van der Waals surface area contributed by atoms with E-state index in [0.717, 1.165) is 26.8 Å². The third-order valence-corrected chi connectivity index (χ3v) is 5.79. The number of nitrogens with zero attached hydrogens (tertiary/aromatic N) is 2. The van der Waals surface area contributed by atoms with Gasteiger partial charge in [0.1, 0.15) is 11.4 Å². The maximum absolute atomic E-state index is 12.3. The lowest BCUT2D eigenvalue weighted by Crippen LogP contribution is -2.23. The average Bonchev–Trinajstić information content (AvgIpc) is 3.32. The zero-order valence-electron chi connectivity index (χ0n) is 18.2. The zero-order chi connectivity index (χ0) is 23.3. The van der Waals surface area contributed by atoms with Crippen LogP contribution in [0.1, 0.15) is 6.42 Å². The fourth-order valence-electron chi connectivity index (χ4n) is 3.23. The van der Waals surface area contributed by atoms with E-state index in [0.29, 0.717) is 28.7 Å². The normalized spacial score (nSPS) is 10.6. The molecule has 170 valence electrons. The Labute approximate surface area is 195 Å². The molecule has 0 atom stereocenters. The van der Waals surface area contributed by atoms with Crippen LogP contribution in [0.15, 0.2) is 35.7 Å². The van der Waals surface area contributed by atoms with Crippen molar-refractivity contribution in [3.05, 3.63) is 35.7 Å². The molecule has 32 heavy (non-hydrogen) atoms. The minimum absolute atomic E-state index is 0.119. The number of halogens is 1. The van der Waals surface area contributed by atoms with Gasteiger partial charge in [-0.05, 0) is 41.4 Å². The van der Waals surface area contributed by atoms with Crippen LogP contribution in [0.2, 0.25) is 0 Å². The number of carbonyl (C=O) groups is 1. The first kappa shape index (κ1) is 23.6. The highest BCUT2D eigenvalue weighted by Crippen LogP contribution is 2.44. The average molecular weight is 478 g/mol. The van der Waals surface area contributed by atoms with Gasteiger partial charge in [0.15, 0.2) is 11.5 Å². The molecule has 0 aliphatic carbocycles. The molecule has 0 unspecified atom stereocenters. The van der Waals surface area contributed by atoms with Gasteiger partial charge in [0.05, 0.1) is 34.1 Å². The Morgan fingerprint density at radius 1 is 1.00 bits per heavy atom. The van der Waals surface area contributed by atoms with E-state index < -0.39 is 0 Å². The third-order valence-electron chi connectivity index (χ3n) is 4.79. The quantitative estimate of drug-likeness (QED) is 0.458. The third kappa shape index (κ3) is 4.59. The fourth-order valence-corrected chi connectivity index (χ4v) is 4.17. The van der Waals surface area contributed by atoms with E-state index in [-0.39, 0.29) is 18.9 Å². The first-order valence-electron chi connectivity index (χ1n) is 9.60. The summed E-state index contributed by atoms with van der Waals surface area (Å²) >= 11 is 7.62. The van der Waals surface area contributed by atoms with E-state index in [1.165, 1.54) is 18.6 Å². The van der Waals surface area contributed by atoms with Crippen molar-refractivity contribution in [2.45, 2.75) is 6.42 Å². The van der Waals surface area contributed by atoms with Gasteiger partial charge in [-0.2, -0.15) is 4.37 Å². The van der Waals surface area contributed by atoms with Crippen LogP contribution >= 0.6 is 23.3 Å². The Hall–Kier alpha value is -3.01. The highest BCUT2D eigenvalue weighted by Gasteiger charge is 2.21. The molecule has 3 aromatic rings. The summed E-state index contributed by atoms with van der Waals surface area (Å²) in [6.07, 6.45) is 0.119. The summed E-state index contributed by atoms with van der Waals surface area (Å²) in [6, 6.07) is 9.09. The molecule has 0 aliphatic heterocycles. The van der Waals surface area contributed by atoms with Crippen molar-refractivity contribution in [3.63, 3.8) is 0 Å². The van der Waals surface area contributed by atoms with Gasteiger partial charge >= 0.3 is 0 Å². The fraction of sp³-hybridized carbons (Fsp3) is 0.273. The molecular formula is C22H24ClN3O5S. The number of rotatable bonds is 9. The number of hydrogen-bond acceptors (Lipinski definition) is 8. The lowest BCUT2D eigenvalue weighted by atomic mass is 10.0. The Kier molecular flexibility index (Phi) is 7.79. The molecule has 0 saturated heterocycles. The molecule has 0 radical (unpaired) electrons. The van der Waals surface area contributed by atoms with Gasteiger partial charge in [0, 0.05) is 41.2 Å². The molecule has 0 fully saturated rings. The van der Waals surface area contributed by atoms with Crippen molar-refractivity contribution < 1.29 is 23.7 Å². The van der Waals surface area contributed by atoms with Gasteiger partial charge in [-0.25, -0.2) is 4.42 Å². The topological polar surface area (TPSA) is 96.1 Å². The van der Waals surface area contributed by atoms with Crippen LogP contribution < -0.4 is 29.1 Å². The van der Waals surface area contributed by atoms with Crippen molar-refractivity contribution in [2.24, 2.45) is 5.73 Å². The number of anilines is 1. The van der Waals surface area contributed by atoms with Crippen molar-refractivity contribution in [1.82, 2.24) is 4.37 Å². The first-order chi connectivity index (χ1) is 15.5. The maximum atomic E-state index is 12.3. The summed E-state index contributed by atoms with van der Waals surface area (Å²) in [5.41, 5.74) is 9.10. The van der Waals surface area contributed by atoms with Crippen molar-refractivity contribution in [1.29, 1.82) is 0 Å². The molecule has 8 nitrogen and oxygen atoms in total. The largest absolute Gasteiger partial charge is 0.495 e. The van der Waals surface area contributed by atoms with Gasteiger partial charge in [-0.1, -0.05) is 6.07 Å². The van der Waals surface area contributed by atoms with Crippen LogP contribution in [0.3, 0.4) is 0 Å². The van der Waals surface area contributed by atoms with Crippen molar-refractivity contribution in [2.75, 3.05) is 39.4 Å². The second-order valence-corrected chi connectivity index (χ2v) is 7.56. The molecule has 0 aliphatic rings. The summed E-state index contributed by atoms with van der Waals surface area (Å²) in [7, 11) is 6.19. The highest BCUT2D eigenvalue weighted by molar-refractivity contribution is 7.04. The van der Waals surface area contributed by atoms with E-state index in [1.807, 2.05) is 23.6 Å². The molecule has 10 heteroatoms. The standard InChI is InChI=1S/C22H24ClN3O5S/c1-28-17-6-5-13(9-16(17)26(23)20(27)7-8-24)15-12-32-25-21(15)14-10-18(29-2)22(31-4)19(11-14)30-3/h5-6,9-12H,7-8,24H2,1-4H3. The summed E-state index contributed by atoms with van der Waals surface area (Å²) in [6.45, 7) is 0.198. The summed E-state index contributed by atoms with van der Waals surface area (Å²) in [5.74, 6) is 1.69. The van der Waals surface area contributed by atoms with Gasteiger partial charge < -0.3 is 24.7 Å². The second kappa shape index (κ2) is 10.5. The minimum Gasteiger partial charge on any atom is -0.495 e. The number of carbonyl (C=O) groups excluding carboxylic acids is 1. The molecule has 2 aromatic carbocycles. The predicted molar refractivity (Wildman–Crippen MR) is 126 cm³/mol. The molecule has 2 N–H and O–H groups in total. The van der Waals surface area contributed by atoms with Crippen LogP contribution in [0, 0.1) is 0 Å². The molecule has 0 spiro atoms. The van der Waals surface area contributed by atoms with Gasteiger partial charge in [-0.3, -0.25) is 4.79 Å².